The fourth-order valence-electron chi connectivity index (χ4n) is 2.37. The van der Waals surface area contributed by atoms with Gasteiger partial charge in [0.25, 0.3) is 0 Å². The van der Waals surface area contributed by atoms with E-state index in [1.807, 2.05) is 0 Å². The Kier molecular flexibility index (Phi) is 5.37. The van der Waals surface area contributed by atoms with E-state index in [1.54, 1.807) is 0 Å². The van der Waals surface area contributed by atoms with E-state index in [1.165, 1.54) is 24.6 Å². The zero-order chi connectivity index (χ0) is 14.5. The second-order valence-electron chi connectivity index (χ2n) is 4.95. The maximum absolute atomic E-state index is 12.9. The molecule has 1 N–H and O–H groups in total. The third kappa shape index (κ3) is 4.18. The van der Waals surface area contributed by atoms with E-state index >= 15 is 0 Å². The number of anilines is 1. The van der Waals surface area contributed by atoms with Gasteiger partial charge >= 0.3 is 6.09 Å². The summed E-state index contributed by atoms with van der Waals surface area (Å²) in [6.07, 6.45) is 2.69. The lowest BCUT2D eigenvalue weighted by Gasteiger charge is -2.19. The molecule has 1 unspecified atom stereocenters. The number of nitrogens with zero attached hydrogens (tertiary/aromatic N) is 1. The smallest absolute Gasteiger partial charge is 0.411 e. The number of amides is 1. The van der Waals surface area contributed by atoms with Crippen LogP contribution in [0.5, 0.6) is 0 Å². The summed E-state index contributed by atoms with van der Waals surface area (Å²) >= 11 is 3.19. The Hall–Kier alpha value is -1.14. The van der Waals surface area contributed by atoms with Gasteiger partial charge in [0.1, 0.15) is 5.82 Å². The Morgan fingerprint density at radius 1 is 1.60 bits per heavy atom. The molecule has 1 amide bonds. The summed E-state index contributed by atoms with van der Waals surface area (Å²) in [5.74, 6) is -0.361. The maximum atomic E-state index is 12.9. The van der Waals surface area contributed by atoms with Crippen molar-refractivity contribution in [1.29, 1.82) is 0 Å². The number of carbonyl (C=O) groups is 1. The van der Waals surface area contributed by atoms with E-state index in [4.69, 9.17) is 4.74 Å². The number of benzene rings is 1. The molecule has 1 heterocycles. The lowest BCUT2D eigenvalue weighted by Crippen LogP contribution is -2.27. The number of carbonyl (C=O) groups excluding carboxylic acids is 1. The van der Waals surface area contributed by atoms with Crippen LogP contribution in [0.15, 0.2) is 22.7 Å². The molecule has 1 aromatic carbocycles. The van der Waals surface area contributed by atoms with Gasteiger partial charge in [-0.05, 0) is 67.0 Å². The monoisotopic (exact) mass is 344 g/mol. The molecule has 2 rings (SSSR count). The van der Waals surface area contributed by atoms with Gasteiger partial charge in [0.2, 0.25) is 0 Å². The highest BCUT2D eigenvalue weighted by Gasteiger charge is 2.20. The molecule has 0 aromatic heterocycles. The van der Waals surface area contributed by atoms with Crippen molar-refractivity contribution in [3.63, 3.8) is 0 Å². The fraction of sp³-hybridized carbons (Fsp3) is 0.500. The van der Waals surface area contributed by atoms with Crippen molar-refractivity contribution in [2.45, 2.75) is 25.3 Å². The summed E-state index contributed by atoms with van der Waals surface area (Å²) in [4.78, 5) is 13.9. The number of hydrogen-bond acceptors (Lipinski definition) is 3. The van der Waals surface area contributed by atoms with Crippen LogP contribution in [0.2, 0.25) is 0 Å². The molecule has 0 bridgehead atoms. The Morgan fingerprint density at radius 3 is 3.05 bits per heavy atom. The molecule has 6 heteroatoms. The molecule has 4 nitrogen and oxygen atoms in total. The normalized spacial score (nSPS) is 19.1. The molecule has 1 aliphatic heterocycles. The van der Waals surface area contributed by atoms with E-state index in [-0.39, 0.29) is 5.82 Å². The van der Waals surface area contributed by atoms with Crippen LogP contribution in [-0.2, 0) is 4.74 Å². The van der Waals surface area contributed by atoms with Crippen molar-refractivity contribution < 1.29 is 13.9 Å². The van der Waals surface area contributed by atoms with E-state index in [0.29, 0.717) is 22.8 Å². The van der Waals surface area contributed by atoms with Crippen LogP contribution >= 0.6 is 15.9 Å². The van der Waals surface area contributed by atoms with E-state index in [0.717, 1.165) is 19.4 Å². The minimum Gasteiger partial charge on any atom is -0.449 e. The minimum absolute atomic E-state index is 0.361. The first-order valence-electron chi connectivity index (χ1n) is 6.65. The SMILES string of the molecule is CN1CCCC1CCOC(=O)Nc1ccc(F)cc1Br. The van der Waals surface area contributed by atoms with Crippen LogP contribution in [0.3, 0.4) is 0 Å². The first kappa shape index (κ1) is 15.3. The molecule has 0 spiro atoms. The number of halogens is 2. The second kappa shape index (κ2) is 7.04. The minimum atomic E-state index is -0.516. The van der Waals surface area contributed by atoms with Crippen LogP contribution in [0.4, 0.5) is 14.9 Å². The molecule has 1 fully saturated rings. The first-order valence-corrected chi connectivity index (χ1v) is 7.44. The number of likely N-dealkylation sites (tertiary alicyclic amines) is 1. The summed E-state index contributed by atoms with van der Waals surface area (Å²) in [5, 5.41) is 2.59. The number of ether oxygens (including phenoxy) is 1. The van der Waals surface area contributed by atoms with Crippen LogP contribution < -0.4 is 5.32 Å². The number of hydrogen-bond donors (Lipinski definition) is 1. The molecule has 0 saturated carbocycles. The summed E-state index contributed by atoms with van der Waals surface area (Å²) in [5.41, 5.74) is 0.495. The van der Waals surface area contributed by atoms with Crippen LogP contribution in [0.25, 0.3) is 0 Å². The molecule has 1 saturated heterocycles. The molecule has 0 aliphatic carbocycles. The van der Waals surface area contributed by atoms with Crippen molar-refractivity contribution in [2.24, 2.45) is 0 Å². The Bertz CT molecular complexity index is 484. The molecule has 110 valence electrons. The average Bonchev–Trinajstić information content (AvgIpc) is 2.79. The highest BCUT2D eigenvalue weighted by molar-refractivity contribution is 9.10. The van der Waals surface area contributed by atoms with Gasteiger partial charge in [0, 0.05) is 10.5 Å². The number of rotatable bonds is 4. The van der Waals surface area contributed by atoms with Crippen molar-refractivity contribution >= 4 is 27.7 Å². The molecule has 0 radical (unpaired) electrons. The molecule has 1 aliphatic rings. The Balaban J connectivity index is 1.75. The molecule has 1 atom stereocenters. The van der Waals surface area contributed by atoms with Gasteiger partial charge in [-0.2, -0.15) is 0 Å². The van der Waals surface area contributed by atoms with Gasteiger partial charge in [0.15, 0.2) is 0 Å². The third-order valence-electron chi connectivity index (χ3n) is 3.52. The van der Waals surface area contributed by atoms with Crippen LogP contribution in [-0.4, -0.2) is 37.2 Å². The molecule has 20 heavy (non-hydrogen) atoms. The summed E-state index contributed by atoms with van der Waals surface area (Å²) < 4.78 is 18.6. The Morgan fingerprint density at radius 2 is 2.40 bits per heavy atom. The first-order chi connectivity index (χ1) is 9.56. The standard InChI is InChI=1S/C14H18BrFN2O2/c1-18-7-2-3-11(18)6-8-20-14(19)17-13-5-4-10(16)9-12(13)15/h4-5,9,11H,2-3,6-8H2,1H3,(H,17,19). The third-order valence-corrected chi connectivity index (χ3v) is 4.18. The van der Waals surface area contributed by atoms with Crippen molar-refractivity contribution in [3.8, 4) is 0 Å². The van der Waals surface area contributed by atoms with Crippen molar-refractivity contribution in [2.75, 3.05) is 25.5 Å². The summed E-state index contributed by atoms with van der Waals surface area (Å²) in [6.45, 7) is 1.50. The topological polar surface area (TPSA) is 41.6 Å². The largest absolute Gasteiger partial charge is 0.449 e. The fourth-order valence-corrected chi connectivity index (χ4v) is 2.82. The predicted octanol–water partition coefficient (Wildman–Crippen LogP) is 3.62. The quantitative estimate of drug-likeness (QED) is 0.906. The average molecular weight is 345 g/mol. The van der Waals surface area contributed by atoms with E-state index in [9.17, 15) is 9.18 Å². The lowest BCUT2D eigenvalue weighted by atomic mass is 10.2. The van der Waals surface area contributed by atoms with E-state index < -0.39 is 6.09 Å². The zero-order valence-corrected chi connectivity index (χ0v) is 13.0. The molecular weight excluding hydrogens is 327 g/mol. The highest BCUT2D eigenvalue weighted by Crippen LogP contribution is 2.23. The van der Waals surface area contributed by atoms with Crippen molar-refractivity contribution in [3.05, 3.63) is 28.5 Å². The van der Waals surface area contributed by atoms with Gasteiger partial charge in [-0.25, -0.2) is 9.18 Å². The Labute approximate surface area is 126 Å². The van der Waals surface area contributed by atoms with Gasteiger partial charge in [-0.1, -0.05) is 0 Å². The molecular formula is C14H18BrFN2O2. The highest BCUT2D eigenvalue weighted by atomic mass is 79.9. The lowest BCUT2D eigenvalue weighted by molar-refractivity contribution is 0.147. The van der Waals surface area contributed by atoms with Gasteiger partial charge in [-0.3, -0.25) is 5.32 Å². The van der Waals surface area contributed by atoms with Crippen LogP contribution in [0.1, 0.15) is 19.3 Å². The van der Waals surface area contributed by atoms with Gasteiger partial charge in [0.05, 0.1) is 12.3 Å². The maximum Gasteiger partial charge on any atom is 0.411 e. The van der Waals surface area contributed by atoms with E-state index in [2.05, 4.69) is 33.2 Å². The zero-order valence-electron chi connectivity index (χ0n) is 11.4. The summed E-state index contributed by atoms with van der Waals surface area (Å²) in [7, 11) is 2.09. The second-order valence-corrected chi connectivity index (χ2v) is 5.80. The van der Waals surface area contributed by atoms with Crippen molar-refractivity contribution in [1.82, 2.24) is 4.90 Å². The molecule has 1 aromatic rings. The number of nitrogens with one attached hydrogen (secondary N) is 1. The predicted molar refractivity (Wildman–Crippen MR) is 79.3 cm³/mol. The van der Waals surface area contributed by atoms with Crippen LogP contribution in [0, 0.1) is 5.82 Å². The summed E-state index contributed by atoms with van der Waals surface area (Å²) in [6, 6.07) is 4.57. The van der Waals surface area contributed by atoms with Gasteiger partial charge in [-0.15, -0.1) is 0 Å². The van der Waals surface area contributed by atoms with Gasteiger partial charge < -0.3 is 9.64 Å².